The van der Waals surface area contributed by atoms with E-state index in [0.717, 1.165) is 31.4 Å². The molecule has 1 aromatic carbocycles. The highest BCUT2D eigenvalue weighted by Crippen LogP contribution is 2.29. The molecular formula is C20H26N4O2. The summed E-state index contributed by atoms with van der Waals surface area (Å²) in [6, 6.07) is 7.44. The number of imidazole rings is 1. The minimum atomic E-state index is -0.0330. The van der Waals surface area contributed by atoms with Crippen molar-refractivity contribution in [1.29, 1.82) is 0 Å². The van der Waals surface area contributed by atoms with Crippen LogP contribution < -0.4 is 15.4 Å². The lowest BCUT2D eigenvalue weighted by atomic mass is 9.93. The van der Waals surface area contributed by atoms with Crippen LogP contribution in [-0.4, -0.2) is 41.7 Å². The van der Waals surface area contributed by atoms with E-state index in [1.54, 1.807) is 0 Å². The number of hydrogen-bond donors (Lipinski definition) is 2. The zero-order chi connectivity index (χ0) is 17.9. The van der Waals surface area contributed by atoms with Crippen LogP contribution >= 0.6 is 0 Å². The zero-order valence-electron chi connectivity index (χ0n) is 15.1. The van der Waals surface area contributed by atoms with Gasteiger partial charge in [-0.15, -0.1) is 0 Å². The highest BCUT2D eigenvalue weighted by atomic mass is 16.5. The number of carbonyl (C=O) groups excluding carboxylic acids is 1. The minimum absolute atomic E-state index is 0.0330. The smallest absolute Gasteiger partial charge is 0.251 e. The Morgan fingerprint density at radius 1 is 1.31 bits per heavy atom. The van der Waals surface area contributed by atoms with Gasteiger partial charge in [-0.1, -0.05) is 0 Å². The van der Waals surface area contributed by atoms with Gasteiger partial charge in [-0.25, -0.2) is 4.98 Å². The largest absolute Gasteiger partial charge is 0.493 e. The van der Waals surface area contributed by atoms with E-state index in [0.29, 0.717) is 23.9 Å². The van der Waals surface area contributed by atoms with E-state index in [1.165, 1.54) is 18.5 Å². The maximum atomic E-state index is 12.5. The molecule has 2 atom stereocenters. The first-order valence-electron chi connectivity index (χ1n) is 9.38. The second-order valence-corrected chi connectivity index (χ2v) is 7.44. The van der Waals surface area contributed by atoms with Gasteiger partial charge < -0.3 is 19.9 Å². The molecule has 4 rings (SSSR count). The summed E-state index contributed by atoms with van der Waals surface area (Å²) < 4.78 is 7.79. The standard InChI is InChI=1S/C20H26N4O2/c1-24-13-22-11-19(24)18-10-21-8-16(18)9-23-20(25)15-4-6-17(7-5-15)26-12-14-2-3-14/h4-7,11,13-14,16,18,21H,2-3,8-10,12H2,1H3,(H,23,25)/t16-,18+/m0/s1. The summed E-state index contributed by atoms with van der Waals surface area (Å²) in [6.45, 7) is 3.27. The van der Waals surface area contributed by atoms with Crippen LogP contribution in [0.3, 0.4) is 0 Å². The highest BCUT2D eigenvalue weighted by Gasteiger charge is 2.30. The van der Waals surface area contributed by atoms with E-state index >= 15 is 0 Å². The van der Waals surface area contributed by atoms with E-state index in [1.807, 2.05) is 43.8 Å². The molecule has 0 spiro atoms. The van der Waals surface area contributed by atoms with Crippen molar-refractivity contribution < 1.29 is 9.53 Å². The average Bonchev–Trinajstić information content (AvgIpc) is 3.21. The van der Waals surface area contributed by atoms with E-state index in [4.69, 9.17) is 4.74 Å². The second kappa shape index (κ2) is 7.50. The summed E-state index contributed by atoms with van der Waals surface area (Å²) in [5.41, 5.74) is 1.89. The Hall–Kier alpha value is -2.34. The number of hydrogen-bond acceptors (Lipinski definition) is 4. The van der Waals surface area contributed by atoms with Crippen molar-refractivity contribution in [3.8, 4) is 5.75 Å². The highest BCUT2D eigenvalue weighted by molar-refractivity contribution is 5.94. The molecule has 0 unspecified atom stereocenters. The molecule has 1 amide bonds. The van der Waals surface area contributed by atoms with Gasteiger partial charge in [0.1, 0.15) is 5.75 Å². The zero-order valence-corrected chi connectivity index (χ0v) is 15.1. The van der Waals surface area contributed by atoms with Crippen LogP contribution in [0.1, 0.15) is 34.8 Å². The summed E-state index contributed by atoms with van der Waals surface area (Å²) in [5.74, 6) is 2.28. The molecule has 1 aromatic heterocycles. The average molecular weight is 354 g/mol. The molecule has 1 aliphatic heterocycles. The first kappa shape index (κ1) is 17.1. The molecule has 0 radical (unpaired) electrons. The predicted molar refractivity (Wildman–Crippen MR) is 99.3 cm³/mol. The van der Waals surface area contributed by atoms with Gasteiger partial charge >= 0.3 is 0 Å². The lowest BCUT2D eigenvalue weighted by Gasteiger charge is -2.19. The summed E-state index contributed by atoms with van der Waals surface area (Å²) in [5, 5.41) is 6.51. The van der Waals surface area contributed by atoms with Crippen molar-refractivity contribution >= 4 is 5.91 Å². The van der Waals surface area contributed by atoms with Crippen LogP contribution in [0.4, 0.5) is 0 Å². The number of amides is 1. The number of nitrogens with zero attached hydrogens (tertiary/aromatic N) is 2. The van der Waals surface area contributed by atoms with Crippen LogP contribution in [0.2, 0.25) is 0 Å². The fraction of sp³-hybridized carbons (Fsp3) is 0.500. The molecule has 26 heavy (non-hydrogen) atoms. The van der Waals surface area contributed by atoms with Crippen LogP contribution in [0, 0.1) is 11.8 Å². The van der Waals surface area contributed by atoms with Gasteiger partial charge in [0.05, 0.1) is 12.9 Å². The van der Waals surface area contributed by atoms with Gasteiger partial charge in [-0.2, -0.15) is 0 Å². The number of carbonyl (C=O) groups is 1. The fourth-order valence-electron chi connectivity index (χ4n) is 3.55. The Morgan fingerprint density at radius 2 is 2.12 bits per heavy atom. The number of rotatable bonds is 7. The molecular weight excluding hydrogens is 328 g/mol. The second-order valence-electron chi connectivity index (χ2n) is 7.44. The third-order valence-corrected chi connectivity index (χ3v) is 5.40. The Morgan fingerprint density at radius 3 is 2.81 bits per heavy atom. The van der Waals surface area contributed by atoms with Crippen molar-refractivity contribution in [3.63, 3.8) is 0 Å². The molecule has 1 aliphatic carbocycles. The Kier molecular flexibility index (Phi) is 4.93. The maximum absolute atomic E-state index is 12.5. The third-order valence-electron chi connectivity index (χ3n) is 5.40. The summed E-state index contributed by atoms with van der Waals surface area (Å²) in [7, 11) is 2.02. The predicted octanol–water partition coefficient (Wildman–Crippen LogP) is 1.94. The van der Waals surface area contributed by atoms with Crippen LogP contribution in [-0.2, 0) is 7.05 Å². The van der Waals surface area contributed by atoms with E-state index in [2.05, 4.69) is 20.2 Å². The van der Waals surface area contributed by atoms with Gasteiger partial charge in [-0.3, -0.25) is 4.79 Å². The molecule has 2 aromatic rings. The number of aromatic nitrogens is 2. The van der Waals surface area contributed by atoms with Gasteiger partial charge in [0.25, 0.3) is 5.91 Å². The van der Waals surface area contributed by atoms with Gasteiger partial charge in [-0.05, 0) is 48.9 Å². The van der Waals surface area contributed by atoms with E-state index in [9.17, 15) is 4.79 Å². The van der Waals surface area contributed by atoms with Crippen molar-refractivity contribution in [3.05, 3.63) is 48.0 Å². The first-order valence-corrected chi connectivity index (χ1v) is 9.38. The monoisotopic (exact) mass is 354 g/mol. The fourth-order valence-corrected chi connectivity index (χ4v) is 3.55. The topological polar surface area (TPSA) is 68.2 Å². The summed E-state index contributed by atoms with van der Waals surface area (Å²) in [6.07, 6.45) is 6.30. The third kappa shape index (κ3) is 3.90. The Bertz CT molecular complexity index is 751. The normalized spacial score (nSPS) is 22.3. The minimum Gasteiger partial charge on any atom is -0.493 e. The number of nitrogens with one attached hydrogen (secondary N) is 2. The van der Waals surface area contributed by atoms with E-state index < -0.39 is 0 Å². The molecule has 1 saturated heterocycles. The van der Waals surface area contributed by atoms with Crippen molar-refractivity contribution in [2.75, 3.05) is 26.2 Å². The van der Waals surface area contributed by atoms with Crippen LogP contribution in [0.15, 0.2) is 36.8 Å². The Labute approximate surface area is 154 Å². The molecule has 6 nitrogen and oxygen atoms in total. The first-order chi connectivity index (χ1) is 12.7. The molecule has 2 N–H and O–H groups in total. The molecule has 138 valence electrons. The molecule has 2 heterocycles. The molecule has 0 bridgehead atoms. The van der Waals surface area contributed by atoms with Crippen LogP contribution in [0.25, 0.3) is 0 Å². The molecule has 1 saturated carbocycles. The van der Waals surface area contributed by atoms with Crippen molar-refractivity contribution in [2.24, 2.45) is 18.9 Å². The summed E-state index contributed by atoms with van der Waals surface area (Å²) >= 11 is 0. The SMILES string of the molecule is Cn1cncc1[C@@H]1CNC[C@H]1CNC(=O)c1ccc(OCC2CC2)cc1. The van der Waals surface area contributed by atoms with Gasteiger partial charge in [0.2, 0.25) is 0 Å². The summed E-state index contributed by atoms with van der Waals surface area (Å²) in [4.78, 5) is 16.7. The number of ether oxygens (including phenoxy) is 1. The van der Waals surface area contributed by atoms with E-state index in [-0.39, 0.29) is 5.91 Å². The van der Waals surface area contributed by atoms with Gasteiger partial charge in [0, 0.05) is 50.1 Å². The molecule has 2 aliphatic rings. The van der Waals surface area contributed by atoms with Gasteiger partial charge in [0.15, 0.2) is 0 Å². The lowest BCUT2D eigenvalue weighted by molar-refractivity contribution is 0.0947. The molecule has 2 fully saturated rings. The quantitative estimate of drug-likeness (QED) is 0.797. The number of aryl methyl sites for hydroxylation is 1. The van der Waals surface area contributed by atoms with Crippen molar-refractivity contribution in [1.82, 2.24) is 20.2 Å². The number of benzene rings is 1. The maximum Gasteiger partial charge on any atom is 0.251 e. The van der Waals surface area contributed by atoms with Crippen molar-refractivity contribution in [2.45, 2.75) is 18.8 Å². The lowest BCUT2D eigenvalue weighted by Crippen LogP contribution is -2.32. The van der Waals surface area contributed by atoms with Crippen LogP contribution in [0.5, 0.6) is 5.75 Å². The molecule has 6 heteroatoms. The Balaban J connectivity index is 1.30.